The lowest BCUT2D eigenvalue weighted by Gasteiger charge is -2.31. The number of nitrogens with one attached hydrogen (secondary N) is 1. The van der Waals surface area contributed by atoms with Gasteiger partial charge >= 0.3 is 0 Å². The highest BCUT2D eigenvalue weighted by Gasteiger charge is 2.48. The second-order valence-corrected chi connectivity index (χ2v) is 9.21. The third kappa shape index (κ3) is 4.25. The molecule has 170 valence electrons. The fourth-order valence-electron chi connectivity index (χ4n) is 5.01. The predicted octanol–water partition coefficient (Wildman–Crippen LogP) is 3.42. The SMILES string of the molecule is CC(=O)N1CCC(C2C[C@H]2C(=O)Nc2cc3cc(-c4cnccc4C)nc(N)c3cn2)CC1. The zero-order valence-electron chi connectivity index (χ0n) is 18.9. The van der Waals surface area contributed by atoms with Gasteiger partial charge in [-0.25, -0.2) is 9.97 Å². The summed E-state index contributed by atoms with van der Waals surface area (Å²) in [6.07, 6.45) is 8.05. The van der Waals surface area contributed by atoms with E-state index in [0.717, 1.165) is 59.9 Å². The molecule has 0 bridgehead atoms. The summed E-state index contributed by atoms with van der Waals surface area (Å²) >= 11 is 0. The first kappa shape index (κ1) is 21.3. The lowest BCUT2D eigenvalue weighted by Crippen LogP contribution is -2.37. The number of amides is 2. The topological polar surface area (TPSA) is 114 Å². The first-order valence-corrected chi connectivity index (χ1v) is 11.4. The van der Waals surface area contributed by atoms with E-state index in [2.05, 4.69) is 20.3 Å². The average Bonchev–Trinajstić information content (AvgIpc) is 3.60. The van der Waals surface area contributed by atoms with Crippen molar-refractivity contribution in [2.75, 3.05) is 24.1 Å². The first-order chi connectivity index (χ1) is 15.9. The molecule has 2 amide bonds. The number of fused-ring (bicyclic) bond motifs is 1. The van der Waals surface area contributed by atoms with Gasteiger partial charge in [-0.1, -0.05) is 0 Å². The Hall–Kier alpha value is -3.55. The number of hydrogen-bond acceptors (Lipinski definition) is 6. The zero-order chi connectivity index (χ0) is 23.1. The van der Waals surface area contributed by atoms with Gasteiger partial charge in [0.2, 0.25) is 11.8 Å². The van der Waals surface area contributed by atoms with Crippen molar-refractivity contribution in [2.45, 2.75) is 33.1 Å². The zero-order valence-corrected chi connectivity index (χ0v) is 18.9. The molecule has 1 aliphatic carbocycles. The van der Waals surface area contributed by atoms with Crippen molar-refractivity contribution in [3.05, 3.63) is 42.4 Å². The molecule has 33 heavy (non-hydrogen) atoms. The molecule has 0 radical (unpaired) electrons. The summed E-state index contributed by atoms with van der Waals surface area (Å²) in [5.41, 5.74) is 8.93. The highest BCUT2D eigenvalue weighted by atomic mass is 16.2. The molecular formula is C25H28N6O2. The van der Waals surface area contributed by atoms with Crippen LogP contribution in [0.25, 0.3) is 22.0 Å². The molecule has 2 fully saturated rings. The molecule has 1 saturated heterocycles. The van der Waals surface area contributed by atoms with Crippen LogP contribution in [0.1, 0.15) is 31.7 Å². The fourth-order valence-corrected chi connectivity index (χ4v) is 5.01. The summed E-state index contributed by atoms with van der Waals surface area (Å²) < 4.78 is 0. The summed E-state index contributed by atoms with van der Waals surface area (Å²) in [5.74, 6) is 2.01. The number of anilines is 2. The molecule has 3 N–H and O–H groups in total. The Kier molecular flexibility index (Phi) is 5.44. The highest BCUT2D eigenvalue weighted by Crippen LogP contribution is 2.48. The second kappa shape index (κ2) is 8.42. The predicted molar refractivity (Wildman–Crippen MR) is 127 cm³/mol. The van der Waals surface area contributed by atoms with E-state index in [-0.39, 0.29) is 17.7 Å². The second-order valence-electron chi connectivity index (χ2n) is 9.21. The van der Waals surface area contributed by atoms with Crippen molar-refractivity contribution >= 4 is 34.2 Å². The number of aryl methyl sites for hydroxylation is 1. The van der Waals surface area contributed by atoms with Crippen molar-refractivity contribution in [1.29, 1.82) is 0 Å². The quantitative estimate of drug-likeness (QED) is 0.637. The number of nitrogens with zero attached hydrogens (tertiary/aromatic N) is 4. The Morgan fingerprint density at radius 2 is 1.97 bits per heavy atom. The van der Waals surface area contributed by atoms with Gasteiger partial charge in [0.15, 0.2) is 0 Å². The molecule has 5 rings (SSSR count). The maximum atomic E-state index is 12.9. The van der Waals surface area contributed by atoms with Gasteiger partial charge in [0, 0.05) is 55.5 Å². The molecule has 2 atom stereocenters. The Labute approximate surface area is 192 Å². The van der Waals surface area contributed by atoms with Crippen molar-refractivity contribution < 1.29 is 9.59 Å². The number of rotatable bonds is 4. The first-order valence-electron chi connectivity index (χ1n) is 11.4. The number of carbonyl (C=O) groups is 2. The molecule has 8 nitrogen and oxygen atoms in total. The van der Waals surface area contributed by atoms with Crippen LogP contribution < -0.4 is 11.1 Å². The van der Waals surface area contributed by atoms with Gasteiger partial charge < -0.3 is 16.0 Å². The molecule has 0 spiro atoms. The van der Waals surface area contributed by atoms with Crippen molar-refractivity contribution in [3.63, 3.8) is 0 Å². The van der Waals surface area contributed by atoms with E-state index in [9.17, 15) is 9.59 Å². The van der Waals surface area contributed by atoms with Gasteiger partial charge in [-0.15, -0.1) is 0 Å². The van der Waals surface area contributed by atoms with Gasteiger partial charge in [0.25, 0.3) is 0 Å². The molecular weight excluding hydrogens is 416 g/mol. The number of piperidine rings is 1. The van der Waals surface area contributed by atoms with Crippen LogP contribution in [0.15, 0.2) is 36.8 Å². The van der Waals surface area contributed by atoms with Crippen molar-refractivity contribution in [1.82, 2.24) is 19.9 Å². The third-order valence-electron chi connectivity index (χ3n) is 7.08. The Bertz CT molecular complexity index is 1230. The minimum Gasteiger partial charge on any atom is -0.383 e. The van der Waals surface area contributed by atoms with Gasteiger partial charge in [0.1, 0.15) is 11.6 Å². The summed E-state index contributed by atoms with van der Waals surface area (Å²) in [7, 11) is 0. The van der Waals surface area contributed by atoms with Crippen LogP contribution in [0.3, 0.4) is 0 Å². The number of pyridine rings is 3. The standard InChI is InChI=1S/C25H28N6O2/c1-14-3-6-27-12-20(14)22-9-17-10-23(28-13-21(17)24(26)29-22)30-25(33)19-11-18(19)16-4-7-31(8-5-16)15(2)32/h3,6,9-10,12-13,16,18-19H,4-5,7-8,11H2,1-2H3,(H2,26,29)(H,28,30,33)/t18?,19-/m1/s1. The van der Waals surface area contributed by atoms with Crippen molar-refractivity contribution in [3.8, 4) is 11.3 Å². The van der Waals surface area contributed by atoms with Crippen LogP contribution in [-0.4, -0.2) is 44.8 Å². The molecule has 8 heteroatoms. The number of hydrogen-bond donors (Lipinski definition) is 2. The normalized spacial score (nSPS) is 20.6. The maximum absolute atomic E-state index is 12.9. The molecule has 2 aliphatic rings. The van der Waals surface area contributed by atoms with Crippen LogP contribution in [-0.2, 0) is 9.59 Å². The van der Waals surface area contributed by atoms with E-state index in [1.54, 1.807) is 25.5 Å². The maximum Gasteiger partial charge on any atom is 0.228 e. The Morgan fingerprint density at radius 3 is 2.70 bits per heavy atom. The molecule has 3 aromatic rings. The fraction of sp³-hybridized carbons (Fsp3) is 0.400. The van der Waals surface area contributed by atoms with Crippen LogP contribution in [0.5, 0.6) is 0 Å². The largest absolute Gasteiger partial charge is 0.383 e. The van der Waals surface area contributed by atoms with Crippen LogP contribution >= 0.6 is 0 Å². The number of nitrogen functional groups attached to an aromatic ring is 1. The third-order valence-corrected chi connectivity index (χ3v) is 7.08. The van der Waals surface area contributed by atoms with E-state index >= 15 is 0 Å². The lowest BCUT2D eigenvalue weighted by atomic mass is 9.91. The summed E-state index contributed by atoms with van der Waals surface area (Å²) in [4.78, 5) is 39.4. The van der Waals surface area contributed by atoms with Gasteiger partial charge in [0.05, 0.1) is 5.69 Å². The minimum atomic E-state index is 0.0196. The smallest absolute Gasteiger partial charge is 0.228 e. The number of carbonyl (C=O) groups excluding carboxylic acids is 2. The number of nitrogens with two attached hydrogens (primary N) is 1. The van der Waals surface area contributed by atoms with Crippen LogP contribution in [0, 0.1) is 24.7 Å². The molecule has 4 heterocycles. The molecule has 1 unspecified atom stereocenters. The Morgan fingerprint density at radius 1 is 1.18 bits per heavy atom. The van der Waals surface area contributed by atoms with Crippen LogP contribution in [0.2, 0.25) is 0 Å². The van der Waals surface area contributed by atoms with Gasteiger partial charge in [-0.05, 0) is 67.2 Å². The van der Waals surface area contributed by atoms with Gasteiger partial charge in [-0.3, -0.25) is 14.6 Å². The Balaban J connectivity index is 1.29. The highest BCUT2D eigenvalue weighted by molar-refractivity contribution is 5.98. The number of aromatic nitrogens is 3. The molecule has 1 aliphatic heterocycles. The molecule has 3 aromatic heterocycles. The van der Waals surface area contributed by atoms with E-state index in [1.165, 1.54) is 0 Å². The van der Waals surface area contributed by atoms with E-state index in [1.807, 2.05) is 30.0 Å². The van der Waals surface area contributed by atoms with Crippen LogP contribution in [0.4, 0.5) is 11.6 Å². The summed E-state index contributed by atoms with van der Waals surface area (Å²) in [6, 6.07) is 5.74. The van der Waals surface area contributed by atoms with E-state index in [4.69, 9.17) is 5.73 Å². The minimum absolute atomic E-state index is 0.0196. The van der Waals surface area contributed by atoms with Gasteiger partial charge in [-0.2, -0.15) is 0 Å². The summed E-state index contributed by atoms with van der Waals surface area (Å²) in [6.45, 7) is 5.22. The molecule has 1 saturated carbocycles. The average molecular weight is 445 g/mol. The van der Waals surface area contributed by atoms with E-state index in [0.29, 0.717) is 23.5 Å². The number of likely N-dealkylation sites (tertiary alicyclic amines) is 1. The summed E-state index contributed by atoms with van der Waals surface area (Å²) in [5, 5.41) is 4.61. The van der Waals surface area contributed by atoms with E-state index < -0.39 is 0 Å². The lowest BCUT2D eigenvalue weighted by molar-refractivity contribution is -0.130. The van der Waals surface area contributed by atoms with Crippen molar-refractivity contribution in [2.24, 2.45) is 17.8 Å². The monoisotopic (exact) mass is 444 g/mol. The molecule has 0 aromatic carbocycles.